The van der Waals surface area contributed by atoms with Crippen molar-refractivity contribution < 1.29 is 14.5 Å². The molecule has 118 valence electrons. The minimum atomic E-state index is -0.999. The third-order valence-electron chi connectivity index (χ3n) is 2.98. The lowest BCUT2D eigenvalue weighted by molar-refractivity contribution is -0.385. The number of carbonyl (C=O) groups excluding carboxylic acids is 1. The van der Waals surface area contributed by atoms with Gasteiger partial charge in [0.25, 0.3) is 0 Å². The predicted octanol–water partition coefficient (Wildman–Crippen LogP) is -0.121. The molecule has 0 radical (unpaired) electrons. The Morgan fingerprint density at radius 2 is 2.19 bits per heavy atom. The maximum atomic E-state index is 12.1. The van der Waals surface area contributed by atoms with E-state index < -0.39 is 10.5 Å². The van der Waals surface area contributed by atoms with Crippen LogP contribution < -0.4 is 10.6 Å². The van der Waals surface area contributed by atoms with Crippen molar-refractivity contribution in [1.82, 2.24) is 20.4 Å². The molecule has 0 saturated carbocycles. The first-order valence-corrected chi connectivity index (χ1v) is 6.57. The Kier molecular flexibility index (Phi) is 6.25. The van der Waals surface area contributed by atoms with Gasteiger partial charge >= 0.3 is 5.69 Å². The fourth-order valence-electron chi connectivity index (χ4n) is 1.60. The van der Waals surface area contributed by atoms with Crippen LogP contribution in [0.15, 0.2) is 12.4 Å². The van der Waals surface area contributed by atoms with Crippen molar-refractivity contribution in [3.63, 3.8) is 0 Å². The molecule has 0 fully saturated rings. The summed E-state index contributed by atoms with van der Waals surface area (Å²) in [4.78, 5) is 22.2. The van der Waals surface area contributed by atoms with Crippen molar-refractivity contribution >= 4 is 11.6 Å². The van der Waals surface area contributed by atoms with E-state index in [9.17, 15) is 14.9 Å². The van der Waals surface area contributed by atoms with Gasteiger partial charge in [-0.15, -0.1) is 0 Å². The maximum Gasteiger partial charge on any atom is 0.307 e. The van der Waals surface area contributed by atoms with Crippen LogP contribution in [-0.2, 0) is 15.1 Å². The van der Waals surface area contributed by atoms with Crippen molar-refractivity contribution in [1.29, 1.82) is 0 Å². The highest BCUT2D eigenvalue weighted by molar-refractivity contribution is 5.83. The van der Waals surface area contributed by atoms with Crippen LogP contribution in [0.2, 0.25) is 0 Å². The number of rotatable bonds is 9. The molecule has 21 heavy (non-hydrogen) atoms. The Labute approximate surface area is 122 Å². The summed E-state index contributed by atoms with van der Waals surface area (Å²) in [7, 11) is 1.62. The van der Waals surface area contributed by atoms with Crippen LogP contribution in [0.3, 0.4) is 0 Å². The monoisotopic (exact) mass is 299 g/mol. The number of nitrogens with one attached hydrogen (secondary N) is 2. The first kappa shape index (κ1) is 17.1. The molecule has 0 bridgehead atoms. The minimum Gasteiger partial charge on any atom is -0.383 e. The van der Waals surface area contributed by atoms with Gasteiger partial charge in [-0.25, -0.2) is 0 Å². The Morgan fingerprint density at radius 3 is 2.76 bits per heavy atom. The molecule has 0 saturated heterocycles. The number of amides is 1. The van der Waals surface area contributed by atoms with E-state index in [1.807, 2.05) is 0 Å². The van der Waals surface area contributed by atoms with E-state index in [1.54, 1.807) is 21.0 Å². The van der Waals surface area contributed by atoms with Crippen molar-refractivity contribution in [2.75, 3.05) is 33.4 Å². The van der Waals surface area contributed by atoms with Gasteiger partial charge < -0.3 is 15.4 Å². The van der Waals surface area contributed by atoms with Gasteiger partial charge in [0.05, 0.1) is 11.5 Å². The lowest BCUT2D eigenvalue weighted by atomic mass is 10.1. The molecule has 9 nitrogen and oxygen atoms in total. The molecule has 1 heterocycles. The Hall–Kier alpha value is -2.00. The van der Waals surface area contributed by atoms with E-state index in [0.29, 0.717) is 26.2 Å². The molecule has 1 aromatic heterocycles. The zero-order chi connectivity index (χ0) is 15.9. The predicted molar refractivity (Wildman–Crippen MR) is 76.0 cm³/mol. The number of nitro groups is 1. The largest absolute Gasteiger partial charge is 0.383 e. The Balaban J connectivity index is 2.48. The summed E-state index contributed by atoms with van der Waals surface area (Å²) in [5, 5.41) is 20.4. The van der Waals surface area contributed by atoms with E-state index in [1.165, 1.54) is 10.9 Å². The van der Waals surface area contributed by atoms with Gasteiger partial charge in [0.15, 0.2) is 0 Å². The fourth-order valence-corrected chi connectivity index (χ4v) is 1.60. The smallest absolute Gasteiger partial charge is 0.307 e. The molecule has 0 aliphatic rings. The van der Waals surface area contributed by atoms with E-state index in [2.05, 4.69) is 15.7 Å². The van der Waals surface area contributed by atoms with Crippen molar-refractivity contribution in [3.8, 4) is 0 Å². The summed E-state index contributed by atoms with van der Waals surface area (Å²) in [6.45, 7) is 5.69. The standard InChI is InChI=1S/C12H21N5O4/c1-12(2,16-9-10(8-15-16)17(19)20)11(18)14-5-4-13-6-7-21-3/h8-9,13H,4-7H2,1-3H3,(H,14,18). The zero-order valence-electron chi connectivity index (χ0n) is 12.5. The van der Waals surface area contributed by atoms with Gasteiger partial charge in [-0.1, -0.05) is 0 Å². The van der Waals surface area contributed by atoms with Gasteiger partial charge in [0.2, 0.25) is 5.91 Å². The fraction of sp³-hybridized carbons (Fsp3) is 0.667. The lowest BCUT2D eigenvalue weighted by Gasteiger charge is -2.23. The van der Waals surface area contributed by atoms with Gasteiger partial charge in [0.1, 0.15) is 17.9 Å². The molecule has 1 amide bonds. The van der Waals surface area contributed by atoms with E-state index >= 15 is 0 Å². The van der Waals surface area contributed by atoms with Gasteiger partial charge in [-0.05, 0) is 13.8 Å². The highest BCUT2D eigenvalue weighted by atomic mass is 16.6. The van der Waals surface area contributed by atoms with Crippen LogP contribution in [0.1, 0.15) is 13.8 Å². The van der Waals surface area contributed by atoms with Crippen molar-refractivity contribution in [2.45, 2.75) is 19.4 Å². The van der Waals surface area contributed by atoms with Crippen molar-refractivity contribution in [2.24, 2.45) is 0 Å². The molecular formula is C12H21N5O4. The van der Waals surface area contributed by atoms with Crippen LogP contribution in [0.4, 0.5) is 5.69 Å². The lowest BCUT2D eigenvalue weighted by Crippen LogP contribution is -2.46. The molecule has 0 aromatic carbocycles. The third kappa shape index (κ3) is 4.80. The molecule has 0 aliphatic heterocycles. The number of ether oxygens (including phenoxy) is 1. The molecule has 0 unspecified atom stereocenters. The summed E-state index contributed by atoms with van der Waals surface area (Å²) in [5.41, 5.74) is -1.14. The molecule has 1 rings (SSSR count). The van der Waals surface area contributed by atoms with E-state index in [4.69, 9.17) is 4.74 Å². The summed E-state index contributed by atoms with van der Waals surface area (Å²) in [5.74, 6) is -0.256. The topological polar surface area (TPSA) is 111 Å². The van der Waals surface area contributed by atoms with Gasteiger partial charge in [-0.3, -0.25) is 19.6 Å². The highest BCUT2D eigenvalue weighted by Gasteiger charge is 2.31. The van der Waals surface area contributed by atoms with Crippen LogP contribution in [0.25, 0.3) is 0 Å². The normalized spacial score (nSPS) is 11.4. The second-order valence-corrected chi connectivity index (χ2v) is 4.96. The van der Waals surface area contributed by atoms with Gasteiger partial charge in [0, 0.05) is 26.7 Å². The highest BCUT2D eigenvalue weighted by Crippen LogP contribution is 2.18. The minimum absolute atomic E-state index is 0.142. The van der Waals surface area contributed by atoms with Crippen LogP contribution in [0.5, 0.6) is 0 Å². The molecule has 0 aliphatic carbocycles. The van der Waals surface area contributed by atoms with E-state index in [-0.39, 0.29) is 11.6 Å². The van der Waals surface area contributed by atoms with Crippen LogP contribution in [0, 0.1) is 10.1 Å². The second kappa shape index (κ2) is 7.70. The number of methoxy groups -OCH3 is 1. The van der Waals surface area contributed by atoms with Crippen LogP contribution in [-0.4, -0.2) is 54.0 Å². The van der Waals surface area contributed by atoms with Gasteiger partial charge in [-0.2, -0.15) is 5.10 Å². The average Bonchev–Trinajstić information content (AvgIpc) is 2.93. The molecule has 0 spiro atoms. The maximum absolute atomic E-state index is 12.1. The molecule has 1 aromatic rings. The third-order valence-corrected chi connectivity index (χ3v) is 2.98. The van der Waals surface area contributed by atoms with Crippen LogP contribution >= 0.6 is 0 Å². The Bertz CT molecular complexity index is 486. The molecule has 2 N–H and O–H groups in total. The molecule has 0 atom stereocenters. The first-order chi connectivity index (χ1) is 9.89. The molecule has 9 heteroatoms. The summed E-state index contributed by atoms with van der Waals surface area (Å²) >= 11 is 0. The molecular weight excluding hydrogens is 278 g/mol. The quantitative estimate of drug-likeness (QED) is 0.373. The average molecular weight is 299 g/mol. The summed E-state index contributed by atoms with van der Waals surface area (Å²) in [6, 6.07) is 0. The zero-order valence-corrected chi connectivity index (χ0v) is 12.5. The summed E-state index contributed by atoms with van der Waals surface area (Å²) < 4.78 is 6.18. The van der Waals surface area contributed by atoms with E-state index in [0.717, 1.165) is 6.20 Å². The second-order valence-electron chi connectivity index (χ2n) is 4.96. The van der Waals surface area contributed by atoms with Crippen molar-refractivity contribution in [3.05, 3.63) is 22.5 Å². The first-order valence-electron chi connectivity index (χ1n) is 6.57. The number of hydrogen-bond acceptors (Lipinski definition) is 6. The SMILES string of the molecule is COCCNCCNC(=O)C(C)(C)n1cc([N+](=O)[O-])cn1. The number of aromatic nitrogens is 2. The number of nitrogens with zero attached hydrogens (tertiary/aromatic N) is 3. The number of carbonyl (C=O) groups is 1. The Morgan fingerprint density at radius 1 is 1.48 bits per heavy atom. The number of hydrogen-bond donors (Lipinski definition) is 2. The summed E-state index contributed by atoms with van der Waals surface area (Å²) in [6.07, 6.45) is 2.37.